The average molecular weight is 286 g/mol. The molecule has 110 valence electrons. The fourth-order valence-corrected chi connectivity index (χ4v) is 2.06. The van der Waals surface area contributed by atoms with Gasteiger partial charge in [0.05, 0.1) is 12.2 Å². The minimum absolute atomic E-state index is 0.130. The molecule has 0 spiro atoms. The molecule has 0 saturated carbocycles. The lowest BCUT2D eigenvalue weighted by Crippen LogP contribution is -1.99. The Balaban J connectivity index is 2.10. The molecule has 0 unspecified atom stereocenters. The predicted octanol–water partition coefficient (Wildman–Crippen LogP) is 2.95. The van der Waals surface area contributed by atoms with Crippen molar-refractivity contribution in [3.05, 3.63) is 59.7 Å². The van der Waals surface area contributed by atoms with Gasteiger partial charge >= 0.3 is 5.97 Å². The molecule has 4 heteroatoms. The van der Waals surface area contributed by atoms with E-state index >= 15 is 0 Å². The van der Waals surface area contributed by atoms with Gasteiger partial charge in [-0.2, -0.15) is 0 Å². The van der Waals surface area contributed by atoms with Crippen LogP contribution < -0.4 is 0 Å². The van der Waals surface area contributed by atoms with E-state index in [0.717, 1.165) is 11.1 Å². The van der Waals surface area contributed by atoms with Gasteiger partial charge in [0.15, 0.2) is 0 Å². The Morgan fingerprint density at radius 1 is 1.05 bits per heavy atom. The van der Waals surface area contributed by atoms with E-state index in [0.29, 0.717) is 30.8 Å². The number of aromatic carboxylic acids is 1. The fourth-order valence-electron chi connectivity index (χ4n) is 2.06. The Morgan fingerprint density at radius 3 is 2.43 bits per heavy atom. The van der Waals surface area contributed by atoms with Crippen molar-refractivity contribution in [2.75, 3.05) is 13.2 Å². The molecule has 0 fully saturated rings. The lowest BCUT2D eigenvalue weighted by atomic mass is 9.99. The predicted molar refractivity (Wildman–Crippen MR) is 80.2 cm³/mol. The summed E-state index contributed by atoms with van der Waals surface area (Å²) in [6.45, 7) is 1.14. The minimum Gasteiger partial charge on any atom is -0.478 e. The van der Waals surface area contributed by atoms with Crippen LogP contribution in [0.1, 0.15) is 22.3 Å². The molecule has 2 aromatic rings. The second-order valence-electron chi connectivity index (χ2n) is 4.68. The summed E-state index contributed by atoms with van der Waals surface area (Å²) in [6.07, 6.45) is 0.629. The number of ether oxygens (including phenoxy) is 1. The zero-order chi connectivity index (χ0) is 15.1. The Hall–Kier alpha value is -2.17. The monoisotopic (exact) mass is 286 g/mol. The van der Waals surface area contributed by atoms with E-state index in [9.17, 15) is 9.90 Å². The summed E-state index contributed by atoms with van der Waals surface area (Å²) in [7, 11) is 0. The van der Waals surface area contributed by atoms with Crippen molar-refractivity contribution in [2.24, 2.45) is 0 Å². The smallest absolute Gasteiger partial charge is 0.336 e. The molecule has 0 atom stereocenters. The van der Waals surface area contributed by atoms with Crippen molar-refractivity contribution in [1.29, 1.82) is 0 Å². The van der Waals surface area contributed by atoms with Gasteiger partial charge in [-0.1, -0.05) is 42.5 Å². The van der Waals surface area contributed by atoms with Crippen LogP contribution in [0.5, 0.6) is 0 Å². The van der Waals surface area contributed by atoms with Crippen molar-refractivity contribution in [3.63, 3.8) is 0 Å². The standard InChI is InChI=1S/C17H18O4/c18-10-3-11-21-12-13-6-8-14(9-7-13)15-4-1-2-5-16(15)17(19)20/h1-2,4-9,18H,3,10-12H2,(H,19,20). The van der Waals surface area contributed by atoms with Crippen LogP contribution in [0.15, 0.2) is 48.5 Å². The summed E-state index contributed by atoms with van der Waals surface area (Å²) in [4.78, 5) is 11.2. The van der Waals surface area contributed by atoms with E-state index in [-0.39, 0.29) is 6.61 Å². The third-order valence-electron chi connectivity index (χ3n) is 3.14. The third-order valence-corrected chi connectivity index (χ3v) is 3.14. The summed E-state index contributed by atoms with van der Waals surface area (Å²) < 4.78 is 5.41. The number of aliphatic hydroxyl groups is 1. The molecule has 0 amide bonds. The van der Waals surface area contributed by atoms with Gasteiger partial charge in [0, 0.05) is 13.2 Å². The molecule has 0 aliphatic carbocycles. The Labute approximate surface area is 123 Å². The highest BCUT2D eigenvalue weighted by Crippen LogP contribution is 2.24. The van der Waals surface area contributed by atoms with Crippen LogP contribution in [0.4, 0.5) is 0 Å². The highest BCUT2D eigenvalue weighted by atomic mass is 16.5. The number of rotatable bonds is 7. The first-order chi connectivity index (χ1) is 10.2. The highest BCUT2D eigenvalue weighted by Gasteiger charge is 2.10. The van der Waals surface area contributed by atoms with E-state index in [1.165, 1.54) is 0 Å². The molecule has 0 aliphatic heterocycles. The maximum Gasteiger partial charge on any atom is 0.336 e. The van der Waals surface area contributed by atoms with Gasteiger partial charge in [0.25, 0.3) is 0 Å². The van der Waals surface area contributed by atoms with Gasteiger partial charge in [-0.05, 0) is 29.2 Å². The van der Waals surface area contributed by atoms with Gasteiger partial charge in [-0.15, -0.1) is 0 Å². The first kappa shape index (κ1) is 15.2. The highest BCUT2D eigenvalue weighted by molar-refractivity contribution is 5.95. The van der Waals surface area contributed by atoms with Crippen molar-refractivity contribution < 1.29 is 19.7 Å². The maximum atomic E-state index is 11.2. The fraction of sp³-hybridized carbons (Fsp3) is 0.235. The number of benzene rings is 2. The molecule has 2 N–H and O–H groups in total. The SMILES string of the molecule is O=C(O)c1ccccc1-c1ccc(COCCCO)cc1. The topological polar surface area (TPSA) is 66.8 Å². The lowest BCUT2D eigenvalue weighted by molar-refractivity contribution is 0.0697. The number of hydrogen-bond acceptors (Lipinski definition) is 3. The molecule has 2 rings (SSSR count). The summed E-state index contributed by atoms with van der Waals surface area (Å²) in [6, 6.07) is 14.6. The molecule has 2 aromatic carbocycles. The number of carboxylic acid groups (broad SMARTS) is 1. The first-order valence-electron chi connectivity index (χ1n) is 6.82. The van der Waals surface area contributed by atoms with E-state index in [4.69, 9.17) is 9.84 Å². The zero-order valence-corrected chi connectivity index (χ0v) is 11.7. The Kier molecular flexibility index (Phi) is 5.49. The van der Waals surface area contributed by atoms with Crippen LogP contribution >= 0.6 is 0 Å². The van der Waals surface area contributed by atoms with Crippen LogP contribution in [0.25, 0.3) is 11.1 Å². The maximum absolute atomic E-state index is 11.2. The number of aliphatic hydroxyl groups excluding tert-OH is 1. The normalized spacial score (nSPS) is 10.5. The summed E-state index contributed by atoms with van der Waals surface area (Å²) in [5, 5.41) is 17.9. The number of hydrogen-bond donors (Lipinski definition) is 2. The third kappa shape index (κ3) is 4.15. The van der Waals surface area contributed by atoms with E-state index < -0.39 is 5.97 Å². The van der Waals surface area contributed by atoms with Crippen molar-refractivity contribution in [3.8, 4) is 11.1 Å². The van der Waals surface area contributed by atoms with Gasteiger partial charge < -0.3 is 14.9 Å². The summed E-state index contributed by atoms with van der Waals surface area (Å²) >= 11 is 0. The zero-order valence-electron chi connectivity index (χ0n) is 11.7. The second kappa shape index (κ2) is 7.57. The van der Waals surface area contributed by atoms with E-state index in [1.807, 2.05) is 30.3 Å². The van der Waals surface area contributed by atoms with Crippen molar-refractivity contribution in [2.45, 2.75) is 13.0 Å². The minimum atomic E-state index is -0.929. The van der Waals surface area contributed by atoms with Crippen LogP contribution in [0.2, 0.25) is 0 Å². The molecule has 0 aromatic heterocycles. The molecular weight excluding hydrogens is 268 g/mol. The second-order valence-corrected chi connectivity index (χ2v) is 4.68. The van der Waals surface area contributed by atoms with Crippen LogP contribution in [0.3, 0.4) is 0 Å². The molecule has 0 radical (unpaired) electrons. The molecule has 4 nitrogen and oxygen atoms in total. The molecule has 0 bridgehead atoms. The summed E-state index contributed by atoms with van der Waals surface area (Å²) in [5.41, 5.74) is 2.89. The number of carboxylic acids is 1. The van der Waals surface area contributed by atoms with E-state index in [1.54, 1.807) is 18.2 Å². The first-order valence-corrected chi connectivity index (χ1v) is 6.82. The van der Waals surface area contributed by atoms with Gasteiger partial charge in [-0.3, -0.25) is 0 Å². The van der Waals surface area contributed by atoms with Crippen LogP contribution in [0, 0.1) is 0 Å². The summed E-state index contributed by atoms with van der Waals surface area (Å²) in [5.74, 6) is -0.929. The van der Waals surface area contributed by atoms with Crippen molar-refractivity contribution >= 4 is 5.97 Å². The number of carbonyl (C=O) groups is 1. The van der Waals surface area contributed by atoms with Crippen LogP contribution in [-0.4, -0.2) is 29.4 Å². The van der Waals surface area contributed by atoms with Gasteiger partial charge in [0.2, 0.25) is 0 Å². The van der Waals surface area contributed by atoms with Gasteiger partial charge in [-0.25, -0.2) is 4.79 Å². The largest absolute Gasteiger partial charge is 0.478 e. The Morgan fingerprint density at radius 2 is 1.76 bits per heavy atom. The molecule has 0 heterocycles. The average Bonchev–Trinajstić information content (AvgIpc) is 2.52. The lowest BCUT2D eigenvalue weighted by Gasteiger charge is -2.08. The van der Waals surface area contributed by atoms with Crippen LogP contribution in [-0.2, 0) is 11.3 Å². The van der Waals surface area contributed by atoms with Crippen molar-refractivity contribution in [1.82, 2.24) is 0 Å². The quantitative estimate of drug-likeness (QED) is 0.768. The molecule has 21 heavy (non-hydrogen) atoms. The van der Waals surface area contributed by atoms with E-state index in [2.05, 4.69) is 0 Å². The molecule has 0 aliphatic rings. The van der Waals surface area contributed by atoms with Gasteiger partial charge in [0.1, 0.15) is 0 Å². The molecule has 0 saturated heterocycles. The Bertz CT molecular complexity index is 590. The molecular formula is C17H18O4.